The fourth-order valence-corrected chi connectivity index (χ4v) is 7.93. The van der Waals surface area contributed by atoms with Crippen LogP contribution in [0, 0.1) is 5.82 Å². The number of halogens is 2. The van der Waals surface area contributed by atoms with Crippen LogP contribution >= 0.6 is 15.9 Å². The Labute approximate surface area is 276 Å². The monoisotopic (exact) mass is 662 g/mol. The third-order valence-electron chi connectivity index (χ3n) is 9.44. The normalized spacial score (nSPS) is 15.3. The maximum atomic E-state index is 14.3. The van der Waals surface area contributed by atoms with Gasteiger partial charge in [-0.25, -0.2) is 4.39 Å². The molecule has 0 fully saturated rings. The largest absolute Gasteiger partial charge is 0.493 e. The fraction of sp³-hybridized carbons (Fsp3) is 0.561. The summed E-state index contributed by atoms with van der Waals surface area (Å²) in [6.45, 7) is 3.00. The zero-order valence-electron chi connectivity index (χ0n) is 27.4. The number of unbranched alkanes of at least 4 members (excludes halogenated alkanes) is 19. The summed E-state index contributed by atoms with van der Waals surface area (Å²) in [6.07, 6.45) is 27.7. The number of hydrogen-bond acceptors (Lipinski definition) is 1. The van der Waals surface area contributed by atoms with Gasteiger partial charge in [-0.1, -0.05) is 193 Å². The zero-order valence-corrected chi connectivity index (χ0v) is 29.0. The van der Waals surface area contributed by atoms with E-state index in [2.05, 4.69) is 65.3 Å². The van der Waals surface area contributed by atoms with E-state index in [1.54, 1.807) is 12.1 Å². The Morgan fingerprint density at radius 1 is 0.568 bits per heavy atom. The molecule has 4 rings (SSSR count). The quantitative estimate of drug-likeness (QED) is 0.0725. The molecule has 44 heavy (non-hydrogen) atoms. The van der Waals surface area contributed by atoms with Crippen molar-refractivity contribution >= 4 is 15.9 Å². The Bertz CT molecular complexity index is 1240. The van der Waals surface area contributed by atoms with Crippen molar-refractivity contribution < 1.29 is 9.13 Å². The van der Waals surface area contributed by atoms with Crippen LogP contribution in [0.5, 0.6) is 5.75 Å². The zero-order chi connectivity index (χ0) is 30.9. The molecule has 0 saturated carbocycles. The number of rotatable bonds is 23. The Morgan fingerprint density at radius 3 is 1.64 bits per heavy atom. The minimum absolute atomic E-state index is 0.227. The van der Waals surface area contributed by atoms with Crippen LogP contribution in [-0.4, -0.2) is 6.61 Å². The Morgan fingerprint density at radius 2 is 1.07 bits per heavy atom. The lowest BCUT2D eigenvalue weighted by molar-refractivity contribution is 0.301. The van der Waals surface area contributed by atoms with Crippen LogP contribution in [0.3, 0.4) is 0 Å². The van der Waals surface area contributed by atoms with E-state index in [1.807, 2.05) is 6.07 Å². The second-order valence-electron chi connectivity index (χ2n) is 13.0. The van der Waals surface area contributed by atoms with Crippen molar-refractivity contribution in [2.24, 2.45) is 0 Å². The summed E-state index contributed by atoms with van der Waals surface area (Å²) >= 11 is 4.09. The first-order valence-corrected chi connectivity index (χ1v) is 18.8. The molecule has 0 radical (unpaired) electrons. The topological polar surface area (TPSA) is 9.23 Å². The first kappa shape index (κ1) is 34.7. The second-order valence-corrected chi connectivity index (χ2v) is 14.1. The lowest BCUT2D eigenvalue weighted by Gasteiger charge is -2.27. The van der Waals surface area contributed by atoms with Crippen LogP contribution < -0.4 is 4.74 Å². The highest BCUT2D eigenvalue weighted by Crippen LogP contribution is 2.59. The molecule has 0 N–H and O–H groups in total. The van der Waals surface area contributed by atoms with Crippen molar-refractivity contribution in [3.63, 3.8) is 0 Å². The van der Waals surface area contributed by atoms with Gasteiger partial charge in [0.1, 0.15) is 15.9 Å². The molecular formula is C41H56BrFO. The maximum absolute atomic E-state index is 14.3. The molecule has 3 aromatic rings. The standard InChI is InChI=1S/C41H56BrFO/c1-2-3-4-5-6-7-8-9-10-11-12-13-14-15-16-17-18-19-20-23-32-44-39-31-25-29-37-36-28-21-22-30-38(36)41(42,40(37)39)34-26-24-27-35(43)33-34/h21-22,24-31,33H,2-20,23,32H2,1H3. The molecule has 3 aromatic carbocycles. The van der Waals surface area contributed by atoms with Crippen molar-refractivity contribution in [1.29, 1.82) is 0 Å². The average molecular weight is 664 g/mol. The molecule has 0 aromatic heterocycles. The summed E-state index contributed by atoms with van der Waals surface area (Å²) in [5.41, 5.74) is 5.43. The average Bonchev–Trinajstić information content (AvgIpc) is 3.31. The minimum atomic E-state index is -0.634. The van der Waals surface area contributed by atoms with Gasteiger partial charge in [0, 0.05) is 5.56 Å². The van der Waals surface area contributed by atoms with E-state index in [0.717, 1.165) is 34.4 Å². The molecule has 0 saturated heterocycles. The van der Waals surface area contributed by atoms with E-state index >= 15 is 0 Å². The van der Waals surface area contributed by atoms with Gasteiger partial charge in [-0.15, -0.1) is 0 Å². The molecule has 0 aliphatic heterocycles. The molecule has 1 nitrogen and oxygen atoms in total. The predicted molar refractivity (Wildman–Crippen MR) is 191 cm³/mol. The molecule has 1 aliphatic rings. The van der Waals surface area contributed by atoms with E-state index in [0.29, 0.717) is 6.61 Å². The van der Waals surface area contributed by atoms with Gasteiger partial charge in [0.05, 0.1) is 6.61 Å². The van der Waals surface area contributed by atoms with Gasteiger partial charge in [0.2, 0.25) is 0 Å². The van der Waals surface area contributed by atoms with E-state index < -0.39 is 4.32 Å². The third kappa shape index (κ3) is 9.93. The summed E-state index contributed by atoms with van der Waals surface area (Å²) in [5, 5.41) is 0. The van der Waals surface area contributed by atoms with Crippen LogP contribution in [0.25, 0.3) is 11.1 Å². The Hall–Kier alpha value is -2.13. The van der Waals surface area contributed by atoms with Crippen LogP contribution in [-0.2, 0) is 4.32 Å². The van der Waals surface area contributed by atoms with Gasteiger partial charge in [0.25, 0.3) is 0 Å². The number of alkyl halides is 1. The van der Waals surface area contributed by atoms with Crippen LogP contribution in [0.15, 0.2) is 66.7 Å². The Kier molecular flexibility index (Phi) is 15.3. The van der Waals surface area contributed by atoms with Gasteiger partial charge >= 0.3 is 0 Å². The summed E-state index contributed by atoms with van der Waals surface area (Å²) < 4.78 is 20.2. The number of benzene rings is 3. The molecule has 1 unspecified atom stereocenters. The van der Waals surface area contributed by atoms with Crippen molar-refractivity contribution in [1.82, 2.24) is 0 Å². The molecular weight excluding hydrogens is 607 g/mol. The van der Waals surface area contributed by atoms with Crippen molar-refractivity contribution in [2.75, 3.05) is 6.61 Å². The van der Waals surface area contributed by atoms with Crippen LogP contribution in [0.1, 0.15) is 152 Å². The second kappa shape index (κ2) is 19.4. The summed E-state index contributed by atoms with van der Waals surface area (Å²) in [6, 6.07) is 21.6. The molecule has 0 spiro atoms. The first-order chi connectivity index (χ1) is 21.7. The van der Waals surface area contributed by atoms with E-state index in [1.165, 1.54) is 134 Å². The van der Waals surface area contributed by atoms with E-state index in [4.69, 9.17) is 4.74 Å². The molecule has 1 aliphatic carbocycles. The van der Waals surface area contributed by atoms with Gasteiger partial charge in [0.15, 0.2) is 0 Å². The minimum Gasteiger partial charge on any atom is -0.493 e. The summed E-state index contributed by atoms with van der Waals surface area (Å²) in [4.78, 5) is 0. The number of fused-ring (bicyclic) bond motifs is 3. The highest BCUT2D eigenvalue weighted by molar-refractivity contribution is 9.10. The predicted octanol–water partition coefficient (Wildman–Crippen LogP) is 13.7. The highest BCUT2D eigenvalue weighted by atomic mass is 79.9. The molecule has 240 valence electrons. The summed E-state index contributed by atoms with van der Waals surface area (Å²) in [7, 11) is 0. The smallest absolute Gasteiger partial charge is 0.125 e. The number of hydrogen-bond donors (Lipinski definition) is 0. The fourth-order valence-electron chi connectivity index (χ4n) is 6.93. The van der Waals surface area contributed by atoms with Crippen LogP contribution in [0.4, 0.5) is 4.39 Å². The van der Waals surface area contributed by atoms with Crippen molar-refractivity contribution in [3.05, 3.63) is 89.2 Å². The van der Waals surface area contributed by atoms with Gasteiger partial charge in [-0.2, -0.15) is 0 Å². The van der Waals surface area contributed by atoms with Gasteiger partial charge in [-0.05, 0) is 46.9 Å². The Balaban J connectivity index is 1.07. The molecule has 1 atom stereocenters. The third-order valence-corrected chi connectivity index (χ3v) is 10.7. The van der Waals surface area contributed by atoms with Gasteiger partial charge < -0.3 is 4.74 Å². The molecule has 0 amide bonds. The lowest BCUT2D eigenvalue weighted by atomic mass is 9.88. The van der Waals surface area contributed by atoms with Crippen molar-refractivity contribution in [2.45, 2.75) is 140 Å². The number of ether oxygens (including phenoxy) is 1. The SMILES string of the molecule is CCCCCCCCCCCCCCCCCCCCCCOc1cccc2c1C(Br)(c1cccc(F)c1)c1ccccc1-2. The first-order valence-electron chi connectivity index (χ1n) is 18.0. The molecule has 0 heterocycles. The van der Waals surface area contributed by atoms with E-state index in [-0.39, 0.29) is 5.82 Å². The molecule has 0 bridgehead atoms. The van der Waals surface area contributed by atoms with Crippen molar-refractivity contribution in [3.8, 4) is 16.9 Å². The summed E-state index contributed by atoms with van der Waals surface area (Å²) in [5.74, 6) is 0.660. The lowest BCUT2D eigenvalue weighted by Crippen LogP contribution is -2.20. The highest BCUT2D eigenvalue weighted by Gasteiger charge is 2.45. The van der Waals surface area contributed by atoms with Gasteiger partial charge in [-0.3, -0.25) is 0 Å². The molecule has 3 heteroatoms. The van der Waals surface area contributed by atoms with Crippen LogP contribution in [0.2, 0.25) is 0 Å². The van der Waals surface area contributed by atoms with E-state index in [9.17, 15) is 4.39 Å². The maximum Gasteiger partial charge on any atom is 0.125 e.